The molecule has 0 unspecified atom stereocenters. The first-order valence-electron chi connectivity index (χ1n) is 7.53. The van der Waals surface area contributed by atoms with Crippen molar-refractivity contribution in [1.29, 1.82) is 5.41 Å². The maximum atomic E-state index is 14.4. The number of amidine groups is 1. The zero-order valence-corrected chi connectivity index (χ0v) is 14.5. The van der Waals surface area contributed by atoms with Crippen LogP contribution in [-0.2, 0) is 15.5 Å². The molecule has 2 aliphatic heterocycles. The number of nitrogens with one attached hydrogen (secondary N) is 1. The second-order valence-corrected chi connectivity index (χ2v) is 10.3. The van der Waals surface area contributed by atoms with Gasteiger partial charge in [0.2, 0.25) is 0 Å². The van der Waals surface area contributed by atoms with Crippen molar-refractivity contribution >= 4 is 21.5 Å². The summed E-state index contributed by atoms with van der Waals surface area (Å²) in [5.41, 5.74) is -0.569. The standard InChI is InChI=1S/C15H21FN4O2S/c1-5-18-23-9-15(4,19(23)13(17)14(23,2)3)11-8-10(20(21)22)6-7-12(11)16/h6-8,17,23H,5,9H2,1-4H3/t15-/m0/s1. The molecule has 0 aromatic heterocycles. The predicted octanol–water partition coefficient (Wildman–Crippen LogP) is 3.04. The number of nitrogens with zero attached hydrogens (tertiary/aromatic N) is 3. The second-order valence-electron chi connectivity index (χ2n) is 6.76. The van der Waals surface area contributed by atoms with E-state index in [2.05, 4.69) is 0 Å². The first-order chi connectivity index (χ1) is 10.6. The molecule has 3 rings (SSSR count). The van der Waals surface area contributed by atoms with E-state index in [0.717, 1.165) is 6.07 Å². The average molecular weight is 340 g/mol. The number of nitro groups is 1. The lowest BCUT2D eigenvalue weighted by Crippen LogP contribution is -2.86. The summed E-state index contributed by atoms with van der Waals surface area (Å²) in [6, 6.07) is 3.61. The number of hydrogen-bond acceptors (Lipinski definition) is 4. The van der Waals surface area contributed by atoms with Gasteiger partial charge in [0.15, 0.2) is 0 Å². The number of rotatable bonds is 3. The van der Waals surface area contributed by atoms with E-state index in [-0.39, 0.29) is 16.0 Å². The summed E-state index contributed by atoms with van der Waals surface area (Å²) in [7, 11) is -1.86. The average Bonchev–Trinajstić information content (AvgIpc) is 2.45. The smallest absolute Gasteiger partial charge is 0.270 e. The predicted molar refractivity (Wildman–Crippen MR) is 90.6 cm³/mol. The van der Waals surface area contributed by atoms with E-state index in [1.54, 1.807) is 0 Å². The molecule has 23 heavy (non-hydrogen) atoms. The van der Waals surface area contributed by atoms with Gasteiger partial charge in [0, 0.05) is 30.0 Å². The van der Waals surface area contributed by atoms with Crippen molar-refractivity contribution in [3.63, 3.8) is 0 Å². The van der Waals surface area contributed by atoms with Crippen LogP contribution in [0, 0.1) is 21.3 Å². The molecule has 1 N–H and O–H groups in total. The van der Waals surface area contributed by atoms with E-state index in [4.69, 9.17) is 9.77 Å². The molecular formula is C15H21FN4O2S. The zero-order valence-electron chi connectivity index (χ0n) is 13.6. The Morgan fingerprint density at radius 2 is 2.13 bits per heavy atom. The molecule has 0 saturated carbocycles. The second kappa shape index (κ2) is 4.59. The van der Waals surface area contributed by atoms with Gasteiger partial charge in [-0.3, -0.25) is 19.9 Å². The van der Waals surface area contributed by atoms with E-state index in [9.17, 15) is 14.5 Å². The summed E-state index contributed by atoms with van der Waals surface area (Å²) >= 11 is 0. The summed E-state index contributed by atoms with van der Waals surface area (Å²) in [5.74, 6) is 0.633. The molecule has 0 bridgehead atoms. The summed E-state index contributed by atoms with van der Waals surface area (Å²) in [6.45, 7) is 8.51. The van der Waals surface area contributed by atoms with Crippen molar-refractivity contribution in [1.82, 2.24) is 4.31 Å². The minimum absolute atomic E-state index is 0.128. The van der Waals surface area contributed by atoms with E-state index >= 15 is 0 Å². The van der Waals surface area contributed by atoms with Gasteiger partial charge < -0.3 is 4.31 Å². The molecule has 2 fully saturated rings. The number of benzene rings is 1. The zero-order chi connectivity index (χ0) is 17.2. The maximum absolute atomic E-state index is 14.4. The van der Waals surface area contributed by atoms with Gasteiger partial charge in [0.05, 0.1) is 15.2 Å². The van der Waals surface area contributed by atoms with Crippen molar-refractivity contribution in [2.45, 2.75) is 38.0 Å². The third kappa shape index (κ3) is 1.72. The van der Waals surface area contributed by atoms with Crippen LogP contribution in [0.2, 0.25) is 0 Å². The quantitative estimate of drug-likeness (QED) is 0.504. The third-order valence-electron chi connectivity index (χ3n) is 5.13. The Balaban J connectivity index is 2.11. The van der Waals surface area contributed by atoms with Crippen LogP contribution in [-0.4, -0.2) is 32.1 Å². The highest BCUT2D eigenvalue weighted by atomic mass is 32.2. The number of hydrogen-bond donors (Lipinski definition) is 2. The molecule has 0 amide bonds. The molecule has 6 nitrogen and oxygen atoms in total. The Labute approximate surface area is 135 Å². The molecule has 2 aliphatic rings. The van der Waals surface area contributed by atoms with Gasteiger partial charge in [0.25, 0.3) is 5.69 Å². The van der Waals surface area contributed by atoms with Crippen molar-refractivity contribution < 1.29 is 9.31 Å². The fraction of sp³-hybridized carbons (Fsp3) is 0.533. The minimum Gasteiger partial charge on any atom is -0.303 e. The highest BCUT2D eigenvalue weighted by Gasteiger charge is 2.69. The Morgan fingerprint density at radius 1 is 1.48 bits per heavy atom. The molecule has 2 saturated heterocycles. The Morgan fingerprint density at radius 3 is 2.70 bits per heavy atom. The molecule has 0 aliphatic carbocycles. The lowest BCUT2D eigenvalue weighted by molar-refractivity contribution is -0.385. The molecule has 0 spiro atoms. The van der Waals surface area contributed by atoms with Crippen LogP contribution in [0.5, 0.6) is 0 Å². The van der Waals surface area contributed by atoms with E-state index < -0.39 is 26.3 Å². The lowest BCUT2D eigenvalue weighted by Gasteiger charge is -2.77. The van der Waals surface area contributed by atoms with Crippen LogP contribution >= 0.6 is 0 Å². The highest BCUT2D eigenvalue weighted by Crippen LogP contribution is 2.61. The van der Waals surface area contributed by atoms with Crippen molar-refractivity contribution in [3.8, 4) is 0 Å². The van der Waals surface area contributed by atoms with Crippen molar-refractivity contribution in [3.05, 3.63) is 39.7 Å². The molecule has 2 heterocycles. The normalized spacial score (nSPS) is 28.2. The van der Waals surface area contributed by atoms with Crippen LogP contribution in [0.1, 0.15) is 33.3 Å². The summed E-state index contributed by atoms with van der Waals surface area (Å²) in [6.07, 6.45) is 0. The molecule has 1 aromatic carbocycles. The van der Waals surface area contributed by atoms with Gasteiger partial charge in [-0.05, 0) is 33.8 Å². The largest absolute Gasteiger partial charge is 0.303 e. The number of nitro benzene ring substituents is 1. The topological polar surface area (TPSA) is 82.6 Å². The lowest BCUT2D eigenvalue weighted by atomic mass is 9.90. The SMILES string of the molecule is CCN=[SH]12C[C@@](C)(c3cc([N+](=O)[O-])ccc3F)N1C(=N)C2(C)C. The summed E-state index contributed by atoms with van der Waals surface area (Å²) in [4.78, 5) is 10.5. The van der Waals surface area contributed by atoms with Gasteiger partial charge >= 0.3 is 0 Å². The monoisotopic (exact) mass is 340 g/mol. The van der Waals surface area contributed by atoms with Gasteiger partial charge in [0.1, 0.15) is 11.7 Å². The third-order valence-corrected chi connectivity index (χ3v) is 10.2. The number of thiol groups is 1. The molecule has 0 radical (unpaired) electrons. The van der Waals surface area contributed by atoms with Gasteiger partial charge in [-0.15, -0.1) is 10.0 Å². The summed E-state index contributed by atoms with van der Waals surface area (Å²) < 4.78 is 20.8. The number of fused-ring (bicyclic) bond motifs is 1. The first kappa shape index (κ1) is 16.0. The van der Waals surface area contributed by atoms with Crippen LogP contribution in [0.15, 0.2) is 22.6 Å². The molecular weight excluding hydrogens is 319 g/mol. The molecule has 126 valence electrons. The maximum Gasteiger partial charge on any atom is 0.270 e. The van der Waals surface area contributed by atoms with Crippen LogP contribution in [0.25, 0.3) is 0 Å². The van der Waals surface area contributed by atoms with E-state index in [0.29, 0.717) is 18.1 Å². The number of non-ortho nitro benzene ring substituents is 1. The van der Waals surface area contributed by atoms with Crippen LogP contribution in [0.4, 0.5) is 10.1 Å². The van der Waals surface area contributed by atoms with Crippen molar-refractivity contribution in [2.75, 3.05) is 12.3 Å². The first-order valence-corrected chi connectivity index (χ1v) is 9.41. The Hall–Kier alpha value is -1.83. The number of halogens is 1. The Kier molecular flexibility index (Phi) is 3.20. The summed E-state index contributed by atoms with van der Waals surface area (Å²) in [5, 5.41) is 19.4. The van der Waals surface area contributed by atoms with Crippen molar-refractivity contribution in [2.24, 2.45) is 4.36 Å². The fourth-order valence-corrected chi connectivity index (χ4v) is 8.67. The van der Waals surface area contributed by atoms with Crippen LogP contribution < -0.4 is 0 Å². The molecule has 1 atom stereocenters. The van der Waals surface area contributed by atoms with E-state index in [1.807, 2.05) is 32.0 Å². The van der Waals surface area contributed by atoms with Crippen LogP contribution in [0.3, 0.4) is 0 Å². The molecule has 8 heteroatoms. The van der Waals surface area contributed by atoms with Gasteiger partial charge in [-0.25, -0.2) is 4.39 Å². The molecule has 1 aromatic rings. The van der Waals surface area contributed by atoms with Gasteiger partial charge in [-0.2, -0.15) is 0 Å². The fourth-order valence-electron chi connectivity index (χ4n) is 3.86. The minimum atomic E-state index is -1.86. The van der Waals surface area contributed by atoms with Gasteiger partial charge in [-0.1, -0.05) is 0 Å². The highest BCUT2D eigenvalue weighted by molar-refractivity contribution is 8.08. The van der Waals surface area contributed by atoms with E-state index in [1.165, 1.54) is 12.1 Å². The Bertz CT molecular complexity index is 792.